The Labute approximate surface area is 108 Å². The second-order valence-electron chi connectivity index (χ2n) is 4.77. The maximum absolute atomic E-state index is 10.6. The molecule has 98 valence electrons. The van der Waals surface area contributed by atoms with Gasteiger partial charge in [-0.15, -0.1) is 0 Å². The predicted molar refractivity (Wildman–Crippen MR) is 70.0 cm³/mol. The third-order valence-electron chi connectivity index (χ3n) is 3.24. The molecule has 1 aromatic carbocycles. The summed E-state index contributed by atoms with van der Waals surface area (Å²) in [4.78, 5) is 10.6. The monoisotopic (exact) mass is 248 g/mol. The Kier molecular flexibility index (Phi) is 4.73. The summed E-state index contributed by atoms with van der Waals surface area (Å²) in [5.41, 5.74) is 5.46. The first-order valence-corrected chi connectivity index (χ1v) is 6.52. The fourth-order valence-corrected chi connectivity index (χ4v) is 2.20. The maximum Gasteiger partial charge on any atom is 0.307 e. The minimum atomic E-state index is -0.783. The molecule has 1 aliphatic rings. The third kappa shape index (κ3) is 4.13. The fraction of sp³-hybridized carbons (Fsp3) is 0.500. The lowest BCUT2D eigenvalue weighted by molar-refractivity contribution is -0.136. The highest BCUT2D eigenvalue weighted by molar-refractivity contribution is 5.70. The minimum absolute atomic E-state index is 0.0971. The first-order chi connectivity index (χ1) is 8.74. The molecule has 1 aromatic rings. The topological polar surface area (TPSA) is 52.6 Å². The number of hydrazine groups is 1. The van der Waals surface area contributed by atoms with E-state index in [0.717, 1.165) is 25.2 Å². The molecular formula is C14H20N2O2. The number of piperidine rings is 1. The molecule has 0 bridgehead atoms. The molecular weight excluding hydrogens is 228 g/mol. The SMILES string of the molecule is O=C(O)Cc1ccc(CNN2CCCCC2)cc1. The fourth-order valence-electron chi connectivity index (χ4n) is 2.20. The van der Waals surface area contributed by atoms with Crippen LogP contribution in [0.3, 0.4) is 0 Å². The van der Waals surface area contributed by atoms with Gasteiger partial charge in [-0.1, -0.05) is 30.7 Å². The molecule has 4 heteroatoms. The van der Waals surface area contributed by atoms with Gasteiger partial charge in [-0.2, -0.15) is 0 Å². The predicted octanol–water partition coefficient (Wildman–Crippen LogP) is 1.80. The zero-order chi connectivity index (χ0) is 12.8. The smallest absolute Gasteiger partial charge is 0.307 e. The molecule has 0 unspecified atom stereocenters. The van der Waals surface area contributed by atoms with Crippen molar-refractivity contribution < 1.29 is 9.90 Å². The van der Waals surface area contributed by atoms with Crippen LogP contribution in [-0.2, 0) is 17.8 Å². The van der Waals surface area contributed by atoms with E-state index in [0.29, 0.717) is 0 Å². The van der Waals surface area contributed by atoms with Crippen LogP contribution >= 0.6 is 0 Å². The van der Waals surface area contributed by atoms with Crippen LogP contribution in [0.2, 0.25) is 0 Å². The Bertz CT molecular complexity index is 383. The average Bonchev–Trinajstić information content (AvgIpc) is 2.38. The van der Waals surface area contributed by atoms with Gasteiger partial charge in [0.2, 0.25) is 0 Å². The normalized spacial score (nSPS) is 16.7. The van der Waals surface area contributed by atoms with Gasteiger partial charge in [0.15, 0.2) is 0 Å². The summed E-state index contributed by atoms with van der Waals surface area (Å²) < 4.78 is 0. The number of nitrogens with zero attached hydrogens (tertiary/aromatic N) is 1. The summed E-state index contributed by atoms with van der Waals surface area (Å²) in [6.07, 6.45) is 3.97. The van der Waals surface area contributed by atoms with Crippen LogP contribution < -0.4 is 5.43 Å². The minimum Gasteiger partial charge on any atom is -0.481 e. The summed E-state index contributed by atoms with van der Waals surface area (Å²) in [6.45, 7) is 3.06. The van der Waals surface area contributed by atoms with E-state index in [2.05, 4.69) is 10.4 Å². The summed E-state index contributed by atoms with van der Waals surface area (Å²) in [7, 11) is 0. The standard InChI is InChI=1S/C14H20N2O2/c17-14(18)10-12-4-6-13(7-5-12)11-15-16-8-2-1-3-9-16/h4-7,15H,1-3,8-11H2,(H,17,18). The number of hydrogen-bond acceptors (Lipinski definition) is 3. The van der Waals surface area contributed by atoms with Crippen molar-refractivity contribution in [3.05, 3.63) is 35.4 Å². The molecule has 1 saturated heterocycles. The second kappa shape index (κ2) is 6.52. The Balaban J connectivity index is 1.80. The van der Waals surface area contributed by atoms with Gasteiger partial charge in [0.05, 0.1) is 6.42 Å². The molecule has 0 spiro atoms. The van der Waals surface area contributed by atoms with E-state index in [1.54, 1.807) is 0 Å². The molecule has 4 nitrogen and oxygen atoms in total. The molecule has 0 atom stereocenters. The van der Waals surface area contributed by atoms with Crippen LogP contribution in [0.4, 0.5) is 0 Å². The number of carbonyl (C=O) groups is 1. The molecule has 0 radical (unpaired) electrons. The summed E-state index contributed by atoms with van der Waals surface area (Å²) in [6, 6.07) is 7.77. The highest BCUT2D eigenvalue weighted by atomic mass is 16.4. The number of nitrogens with one attached hydrogen (secondary N) is 1. The van der Waals surface area contributed by atoms with Crippen molar-refractivity contribution in [1.82, 2.24) is 10.4 Å². The van der Waals surface area contributed by atoms with E-state index in [4.69, 9.17) is 5.11 Å². The molecule has 0 saturated carbocycles. The molecule has 2 rings (SSSR count). The van der Waals surface area contributed by atoms with Crippen LogP contribution in [0.5, 0.6) is 0 Å². The lowest BCUT2D eigenvalue weighted by atomic mass is 10.1. The van der Waals surface area contributed by atoms with Crippen molar-refractivity contribution in [2.45, 2.75) is 32.2 Å². The van der Waals surface area contributed by atoms with Gasteiger partial charge >= 0.3 is 5.97 Å². The van der Waals surface area contributed by atoms with Crippen molar-refractivity contribution in [2.75, 3.05) is 13.1 Å². The largest absolute Gasteiger partial charge is 0.481 e. The van der Waals surface area contributed by atoms with Crippen molar-refractivity contribution in [1.29, 1.82) is 0 Å². The molecule has 1 fully saturated rings. The van der Waals surface area contributed by atoms with E-state index in [1.165, 1.54) is 24.8 Å². The molecule has 0 aliphatic carbocycles. The molecule has 0 aromatic heterocycles. The van der Waals surface area contributed by atoms with E-state index >= 15 is 0 Å². The number of carboxylic acids is 1. The molecule has 1 heterocycles. The Morgan fingerprint density at radius 3 is 2.33 bits per heavy atom. The Hall–Kier alpha value is -1.39. The number of hydrogen-bond donors (Lipinski definition) is 2. The molecule has 18 heavy (non-hydrogen) atoms. The van der Waals surface area contributed by atoms with Crippen LogP contribution in [0, 0.1) is 0 Å². The molecule has 1 aliphatic heterocycles. The third-order valence-corrected chi connectivity index (χ3v) is 3.24. The number of aliphatic carboxylic acids is 1. The first-order valence-electron chi connectivity index (χ1n) is 6.52. The van der Waals surface area contributed by atoms with Gasteiger partial charge in [0, 0.05) is 19.6 Å². The van der Waals surface area contributed by atoms with E-state index in [9.17, 15) is 4.79 Å². The number of rotatable bonds is 5. The average molecular weight is 248 g/mol. The van der Waals surface area contributed by atoms with Gasteiger partial charge in [-0.05, 0) is 24.0 Å². The van der Waals surface area contributed by atoms with Crippen molar-refractivity contribution in [2.24, 2.45) is 0 Å². The van der Waals surface area contributed by atoms with Crippen molar-refractivity contribution in [3.63, 3.8) is 0 Å². The zero-order valence-electron chi connectivity index (χ0n) is 10.6. The van der Waals surface area contributed by atoms with Crippen molar-refractivity contribution in [3.8, 4) is 0 Å². The van der Waals surface area contributed by atoms with Gasteiger partial charge in [0.25, 0.3) is 0 Å². The highest BCUT2D eigenvalue weighted by Crippen LogP contribution is 2.08. The second-order valence-corrected chi connectivity index (χ2v) is 4.77. The lowest BCUT2D eigenvalue weighted by Crippen LogP contribution is -2.41. The zero-order valence-corrected chi connectivity index (χ0v) is 10.6. The van der Waals surface area contributed by atoms with Crippen LogP contribution in [-0.4, -0.2) is 29.2 Å². The first kappa shape index (κ1) is 13.1. The maximum atomic E-state index is 10.6. The van der Waals surface area contributed by atoms with Gasteiger partial charge in [0.1, 0.15) is 0 Å². The molecule has 2 N–H and O–H groups in total. The van der Waals surface area contributed by atoms with E-state index in [-0.39, 0.29) is 6.42 Å². The van der Waals surface area contributed by atoms with Gasteiger partial charge in [-0.3, -0.25) is 10.2 Å². The van der Waals surface area contributed by atoms with E-state index < -0.39 is 5.97 Å². The number of carboxylic acid groups (broad SMARTS) is 1. The van der Waals surface area contributed by atoms with Gasteiger partial charge in [-0.25, -0.2) is 5.01 Å². The Morgan fingerprint density at radius 2 is 1.72 bits per heavy atom. The quantitative estimate of drug-likeness (QED) is 0.834. The number of benzene rings is 1. The summed E-state index contributed by atoms with van der Waals surface area (Å²) in [5.74, 6) is -0.783. The summed E-state index contributed by atoms with van der Waals surface area (Å²) >= 11 is 0. The lowest BCUT2D eigenvalue weighted by Gasteiger charge is -2.27. The van der Waals surface area contributed by atoms with Crippen LogP contribution in [0.25, 0.3) is 0 Å². The van der Waals surface area contributed by atoms with Crippen LogP contribution in [0.1, 0.15) is 30.4 Å². The molecule has 0 amide bonds. The Morgan fingerprint density at radius 1 is 1.11 bits per heavy atom. The van der Waals surface area contributed by atoms with E-state index in [1.807, 2.05) is 24.3 Å². The summed E-state index contributed by atoms with van der Waals surface area (Å²) in [5, 5.41) is 11.0. The highest BCUT2D eigenvalue weighted by Gasteiger charge is 2.08. The van der Waals surface area contributed by atoms with Crippen molar-refractivity contribution >= 4 is 5.97 Å². The van der Waals surface area contributed by atoms with Crippen LogP contribution in [0.15, 0.2) is 24.3 Å². The van der Waals surface area contributed by atoms with Gasteiger partial charge < -0.3 is 5.11 Å².